The Morgan fingerprint density at radius 3 is 2.30 bits per heavy atom. The Morgan fingerprint density at radius 2 is 1.70 bits per heavy atom. The average molecular weight is 273 g/mol. The molecule has 0 spiro atoms. The number of benzene rings is 1. The van der Waals surface area contributed by atoms with Crippen molar-refractivity contribution in [3.63, 3.8) is 0 Å². The van der Waals surface area contributed by atoms with Crippen molar-refractivity contribution in [2.45, 2.75) is 13.8 Å². The molecule has 0 bridgehead atoms. The van der Waals surface area contributed by atoms with Gasteiger partial charge in [-0.05, 0) is 26.0 Å². The fourth-order valence-electron chi connectivity index (χ4n) is 2.04. The fourth-order valence-corrected chi connectivity index (χ4v) is 2.04. The van der Waals surface area contributed by atoms with Crippen molar-refractivity contribution in [2.24, 2.45) is 0 Å². The van der Waals surface area contributed by atoms with Gasteiger partial charge < -0.3 is 14.8 Å². The van der Waals surface area contributed by atoms with Crippen LogP contribution in [-0.4, -0.2) is 31.2 Å². The van der Waals surface area contributed by atoms with Crippen LogP contribution in [0.1, 0.15) is 11.4 Å². The molecule has 1 heterocycles. The number of aromatic nitrogens is 2. The topological polar surface area (TPSA) is 56.3 Å². The standard InChI is InChI=1S/C15H19N3O2/c1-9-10(2)18-15(16-3)13(17-9)11-7-6-8-12(19-4)14(11)20-5/h6-8H,1-5H3,(H,16,18). The van der Waals surface area contributed by atoms with Crippen LogP contribution in [0.15, 0.2) is 18.2 Å². The predicted octanol–water partition coefficient (Wildman–Crippen LogP) is 2.82. The number of ether oxygens (including phenoxy) is 2. The normalized spacial score (nSPS) is 10.2. The summed E-state index contributed by atoms with van der Waals surface area (Å²) in [5.41, 5.74) is 3.40. The van der Waals surface area contributed by atoms with Gasteiger partial charge in [-0.2, -0.15) is 0 Å². The maximum Gasteiger partial charge on any atom is 0.170 e. The molecule has 1 N–H and O–H groups in total. The van der Waals surface area contributed by atoms with Crippen LogP contribution < -0.4 is 14.8 Å². The molecular formula is C15H19N3O2. The molecule has 0 saturated carbocycles. The molecule has 0 unspecified atom stereocenters. The molecule has 2 rings (SSSR count). The summed E-state index contributed by atoms with van der Waals surface area (Å²) in [4.78, 5) is 9.17. The van der Waals surface area contributed by atoms with Crippen molar-refractivity contribution in [1.82, 2.24) is 9.97 Å². The van der Waals surface area contributed by atoms with E-state index in [2.05, 4.69) is 15.3 Å². The maximum absolute atomic E-state index is 5.47. The maximum atomic E-state index is 5.47. The summed E-state index contributed by atoms with van der Waals surface area (Å²) >= 11 is 0. The summed E-state index contributed by atoms with van der Waals surface area (Å²) in [6.07, 6.45) is 0. The van der Waals surface area contributed by atoms with Crippen LogP contribution in [0.5, 0.6) is 11.5 Å². The second-order valence-electron chi connectivity index (χ2n) is 4.38. The van der Waals surface area contributed by atoms with Crippen molar-refractivity contribution in [3.05, 3.63) is 29.6 Å². The van der Waals surface area contributed by atoms with Gasteiger partial charge in [-0.25, -0.2) is 9.97 Å². The summed E-state index contributed by atoms with van der Waals surface area (Å²) in [6, 6.07) is 5.71. The summed E-state index contributed by atoms with van der Waals surface area (Å²) in [5.74, 6) is 2.05. The lowest BCUT2D eigenvalue weighted by molar-refractivity contribution is 0.356. The summed E-state index contributed by atoms with van der Waals surface area (Å²) in [7, 11) is 5.07. The van der Waals surface area contributed by atoms with Gasteiger partial charge in [-0.3, -0.25) is 0 Å². The van der Waals surface area contributed by atoms with E-state index in [1.165, 1.54) is 0 Å². The van der Waals surface area contributed by atoms with Crippen molar-refractivity contribution in [3.8, 4) is 22.8 Å². The van der Waals surface area contributed by atoms with E-state index in [-0.39, 0.29) is 0 Å². The van der Waals surface area contributed by atoms with Gasteiger partial charge in [0.2, 0.25) is 0 Å². The van der Waals surface area contributed by atoms with Crippen molar-refractivity contribution in [1.29, 1.82) is 0 Å². The molecule has 1 aromatic carbocycles. The third-order valence-electron chi connectivity index (χ3n) is 3.20. The second-order valence-corrected chi connectivity index (χ2v) is 4.38. The van der Waals surface area contributed by atoms with Crippen LogP contribution in [0.25, 0.3) is 11.3 Å². The Bertz CT molecular complexity index is 627. The molecule has 0 amide bonds. The molecule has 1 aromatic heterocycles. The molecular weight excluding hydrogens is 254 g/mol. The van der Waals surface area contributed by atoms with Gasteiger partial charge in [0, 0.05) is 12.6 Å². The van der Waals surface area contributed by atoms with Crippen LogP contribution >= 0.6 is 0 Å². The number of aryl methyl sites for hydroxylation is 2. The first-order valence-corrected chi connectivity index (χ1v) is 6.36. The Labute approximate surface area is 119 Å². The van der Waals surface area contributed by atoms with Gasteiger partial charge in [0.15, 0.2) is 17.3 Å². The zero-order valence-electron chi connectivity index (χ0n) is 12.4. The SMILES string of the molecule is CNc1nc(C)c(C)nc1-c1cccc(OC)c1OC. The van der Waals surface area contributed by atoms with Crippen molar-refractivity contribution < 1.29 is 9.47 Å². The highest BCUT2D eigenvalue weighted by atomic mass is 16.5. The predicted molar refractivity (Wildman–Crippen MR) is 79.6 cm³/mol. The lowest BCUT2D eigenvalue weighted by atomic mass is 10.1. The first-order valence-electron chi connectivity index (χ1n) is 6.36. The smallest absolute Gasteiger partial charge is 0.170 e. The molecule has 0 aliphatic carbocycles. The number of hydrogen-bond donors (Lipinski definition) is 1. The first-order chi connectivity index (χ1) is 9.62. The van der Waals surface area contributed by atoms with E-state index in [1.54, 1.807) is 14.2 Å². The van der Waals surface area contributed by atoms with E-state index in [4.69, 9.17) is 9.47 Å². The Morgan fingerprint density at radius 1 is 1.00 bits per heavy atom. The number of nitrogens with zero attached hydrogens (tertiary/aromatic N) is 2. The largest absolute Gasteiger partial charge is 0.493 e. The number of anilines is 1. The van der Waals surface area contributed by atoms with Crippen LogP contribution in [0.4, 0.5) is 5.82 Å². The molecule has 0 atom stereocenters. The van der Waals surface area contributed by atoms with E-state index >= 15 is 0 Å². The lowest BCUT2D eigenvalue weighted by Crippen LogP contribution is -2.04. The minimum absolute atomic E-state index is 0.657. The molecule has 0 fully saturated rings. The summed E-state index contributed by atoms with van der Waals surface area (Å²) in [6.45, 7) is 3.88. The molecule has 0 radical (unpaired) electrons. The Hall–Kier alpha value is -2.30. The molecule has 106 valence electrons. The molecule has 0 aliphatic rings. The van der Waals surface area contributed by atoms with Gasteiger partial charge in [0.1, 0.15) is 5.69 Å². The highest BCUT2D eigenvalue weighted by molar-refractivity contribution is 5.78. The third kappa shape index (κ3) is 2.39. The van der Waals surface area contributed by atoms with Crippen LogP contribution in [0.2, 0.25) is 0 Å². The molecule has 0 saturated heterocycles. The lowest BCUT2D eigenvalue weighted by Gasteiger charge is -2.15. The number of nitrogens with one attached hydrogen (secondary N) is 1. The molecule has 5 heteroatoms. The second kappa shape index (κ2) is 5.77. The Balaban J connectivity index is 2.71. The van der Waals surface area contributed by atoms with E-state index in [1.807, 2.05) is 39.1 Å². The summed E-state index contributed by atoms with van der Waals surface area (Å²) < 4.78 is 10.8. The third-order valence-corrected chi connectivity index (χ3v) is 3.20. The van der Waals surface area contributed by atoms with E-state index < -0.39 is 0 Å². The molecule has 2 aromatic rings. The van der Waals surface area contributed by atoms with Crippen LogP contribution in [0.3, 0.4) is 0 Å². The molecule has 0 aliphatic heterocycles. The summed E-state index contributed by atoms with van der Waals surface area (Å²) in [5, 5.41) is 3.08. The fraction of sp³-hybridized carbons (Fsp3) is 0.333. The van der Waals surface area contributed by atoms with Gasteiger partial charge >= 0.3 is 0 Å². The molecule has 5 nitrogen and oxygen atoms in total. The van der Waals surface area contributed by atoms with E-state index in [0.717, 1.165) is 28.5 Å². The first kappa shape index (κ1) is 14.1. The minimum atomic E-state index is 0.657. The minimum Gasteiger partial charge on any atom is -0.493 e. The average Bonchev–Trinajstić information content (AvgIpc) is 2.48. The van der Waals surface area contributed by atoms with Crippen molar-refractivity contribution >= 4 is 5.82 Å². The number of hydrogen-bond acceptors (Lipinski definition) is 5. The van der Waals surface area contributed by atoms with Crippen LogP contribution in [0, 0.1) is 13.8 Å². The highest BCUT2D eigenvalue weighted by Crippen LogP contribution is 2.39. The van der Waals surface area contributed by atoms with Gasteiger partial charge in [-0.15, -0.1) is 0 Å². The zero-order chi connectivity index (χ0) is 14.7. The zero-order valence-corrected chi connectivity index (χ0v) is 12.4. The number of methoxy groups -OCH3 is 2. The number of para-hydroxylation sites is 1. The van der Waals surface area contributed by atoms with Gasteiger partial charge in [-0.1, -0.05) is 6.07 Å². The van der Waals surface area contributed by atoms with Crippen LogP contribution in [-0.2, 0) is 0 Å². The van der Waals surface area contributed by atoms with E-state index in [9.17, 15) is 0 Å². The van der Waals surface area contributed by atoms with Crippen molar-refractivity contribution in [2.75, 3.05) is 26.6 Å². The number of rotatable bonds is 4. The monoisotopic (exact) mass is 273 g/mol. The van der Waals surface area contributed by atoms with Gasteiger partial charge in [0.05, 0.1) is 25.6 Å². The quantitative estimate of drug-likeness (QED) is 0.928. The highest BCUT2D eigenvalue weighted by Gasteiger charge is 2.17. The molecule has 20 heavy (non-hydrogen) atoms. The van der Waals surface area contributed by atoms with E-state index in [0.29, 0.717) is 11.5 Å². The van der Waals surface area contributed by atoms with Gasteiger partial charge in [0.25, 0.3) is 0 Å². The Kier molecular flexibility index (Phi) is 4.08.